The van der Waals surface area contributed by atoms with Gasteiger partial charge in [0.15, 0.2) is 6.29 Å². The zero-order valence-corrected chi connectivity index (χ0v) is 17.9. The van der Waals surface area contributed by atoms with Crippen molar-refractivity contribution in [2.45, 2.75) is 31.7 Å². The van der Waals surface area contributed by atoms with Crippen LogP contribution in [0.5, 0.6) is 0 Å². The Hall–Kier alpha value is -2.81. The van der Waals surface area contributed by atoms with Crippen LogP contribution in [0.25, 0.3) is 0 Å². The molecule has 1 aliphatic rings. The molecule has 8 nitrogen and oxygen atoms in total. The smallest absolute Gasteiger partial charge is 0.269 e. The molecule has 1 saturated heterocycles. The number of aromatic nitrogens is 1. The van der Waals surface area contributed by atoms with Gasteiger partial charge in [0.05, 0.1) is 18.9 Å². The summed E-state index contributed by atoms with van der Waals surface area (Å²) in [7, 11) is 3.10. The topological polar surface area (TPSA) is 98.8 Å². The summed E-state index contributed by atoms with van der Waals surface area (Å²) in [5.41, 5.74) is 1.88. The van der Waals surface area contributed by atoms with Crippen molar-refractivity contribution in [1.29, 1.82) is 0 Å². The van der Waals surface area contributed by atoms with Crippen LogP contribution in [-0.4, -0.2) is 57.0 Å². The predicted octanol–water partition coefficient (Wildman–Crippen LogP) is 2.45. The number of nitrogens with zero attached hydrogens (tertiary/aromatic N) is 1. The van der Waals surface area contributed by atoms with Crippen LogP contribution in [0, 0.1) is 0 Å². The molecule has 2 amide bonds. The van der Waals surface area contributed by atoms with Crippen LogP contribution in [-0.2, 0) is 14.2 Å². The molecule has 0 radical (unpaired) electrons. The van der Waals surface area contributed by atoms with Gasteiger partial charge in [-0.2, -0.15) is 0 Å². The van der Waals surface area contributed by atoms with E-state index in [1.54, 1.807) is 13.2 Å². The highest BCUT2D eigenvalue weighted by Crippen LogP contribution is 2.25. The van der Waals surface area contributed by atoms with Crippen molar-refractivity contribution in [2.24, 2.45) is 0 Å². The van der Waals surface area contributed by atoms with Crippen LogP contribution in [0.15, 0.2) is 42.5 Å². The van der Waals surface area contributed by atoms with E-state index < -0.39 is 6.10 Å². The number of hydrogen-bond acceptors (Lipinski definition) is 6. The average Bonchev–Trinajstić information content (AvgIpc) is 2.83. The lowest BCUT2D eigenvalue weighted by Gasteiger charge is -2.23. The van der Waals surface area contributed by atoms with Crippen LogP contribution in [0.4, 0.5) is 0 Å². The molecule has 2 N–H and O–H groups in total. The number of nitrogens with one attached hydrogen (secondary N) is 2. The van der Waals surface area contributed by atoms with Crippen molar-refractivity contribution in [1.82, 2.24) is 15.6 Å². The first-order valence-corrected chi connectivity index (χ1v) is 10.5. The Balaban J connectivity index is 1.73. The standard InChI is InChI=1S/C23H29N3O5/c1-24-23(28)19-15-17(22(27)25-11-6-10-20-30-12-7-13-31-20)14-18(26-19)21(29-2)16-8-4-3-5-9-16/h3-5,8-9,14-15,20-21H,6-7,10-13H2,1-2H3,(H,24,28)(H,25,27). The van der Waals surface area contributed by atoms with Crippen LogP contribution in [0.3, 0.4) is 0 Å². The number of rotatable bonds is 9. The summed E-state index contributed by atoms with van der Waals surface area (Å²) in [5.74, 6) is -0.646. The molecule has 1 unspecified atom stereocenters. The first kappa shape index (κ1) is 22.9. The van der Waals surface area contributed by atoms with Crippen molar-refractivity contribution < 1.29 is 23.8 Å². The second-order valence-electron chi connectivity index (χ2n) is 7.19. The van der Waals surface area contributed by atoms with Gasteiger partial charge in [-0.15, -0.1) is 0 Å². The van der Waals surface area contributed by atoms with Gasteiger partial charge >= 0.3 is 0 Å². The molecule has 31 heavy (non-hydrogen) atoms. The molecule has 166 valence electrons. The molecule has 2 heterocycles. The molecule has 0 aliphatic carbocycles. The maximum Gasteiger partial charge on any atom is 0.269 e. The molecule has 8 heteroatoms. The third-order valence-electron chi connectivity index (χ3n) is 4.97. The number of benzene rings is 1. The normalized spacial score (nSPS) is 15.3. The number of hydrogen-bond donors (Lipinski definition) is 2. The lowest BCUT2D eigenvalue weighted by atomic mass is 10.0. The minimum atomic E-state index is -0.502. The van der Waals surface area contributed by atoms with Crippen LogP contribution < -0.4 is 10.6 Å². The van der Waals surface area contributed by atoms with Crippen LogP contribution in [0.2, 0.25) is 0 Å². The van der Waals surface area contributed by atoms with Crippen LogP contribution in [0.1, 0.15) is 57.5 Å². The minimum Gasteiger partial charge on any atom is -0.370 e. The van der Waals surface area contributed by atoms with Gasteiger partial charge in [-0.3, -0.25) is 9.59 Å². The summed E-state index contributed by atoms with van der Waals surface area (Å²) >= 11 is 0. The SMILES string of the molecule is CNC(=O)c1cc(C(=O)NCCCC2OCCCO2)cc(C(OC)c2ccccc2)n1. The van der Waals surface area contributed by atoms with E-state index in [0.29, 0.717) is 37.4 Å². The average molecular weight is 428 g/mol. The van der Waals surface area contributed by atoms with E-state index in [1.165, 1.54) is 13.1 Å². The summed E-state index contributed by atoms with van der Waals surface area (Å²) in [4.78, 5) is 29.5. The Morgan fingerprint density at radius 3 is 2.58 bits per heavy atom. The van der Waals surface area contributed by atoms with E-state index in [0.717, 1.165) is 18.4 Å². The Labute approximate surface area is 182 Å². The fourth-order valence-electron chi connectivity index (χ4n) is 3.39. The van der Waals surface area contributed by atoms with Crippen molar-refractivity contribution in [3.05, 3.63) is 65.0 Å². The molecule has 2 aromatic rings. The van der Waals surface area contributed by atoms with E-state index in [-0.39, 0.29) is 23.8 Å². The second-order valence-corrected chi connectivity index (χ2v) is 7.19. The Kier molecular flexibility index (Phi) is 8.52. The number of carbonyl (C=O) groups is 2. The highest BCUT2D eigenvalue weighted by Gasteiger charge is 2.21. The highest BCUT2D eigenvalue weighted by molar-refractivity contribution is 5.98. The molecule has 3 rings (SSSR count). The lowest BCUT2D eigenvalue weighted by Crippen LogP contribution is -2.29. The Morgan fingerprint density at radius 1 is 1.16 bits per heavy atom. The Morgan fingerprint density at radius 2 is 1.90 bits per heavy atom. The zero-order valence-electron chi connectivity index (χ0n) is 17.9. The third-order valence-corrected chi connectivity index (χ3v) is 4.97. The first-order chi connectivity index (χ1) is 15.1. The van der Waals surface area contributed by atoms with Gasteiger partial charge in [-0.25, -0.2) is 4.98 Å². The zero-order chi connectivity index (χ0) is 22.1. The fourth-order valence-corrected chi connectivity index (χ4v) is 3.39. The molecular weight excluding hydrogens is 398 g/mol. The summed E-state index contributed by atoms with van der Waals surface area (Å²) in [6.45, 7) is 1.89. The summed E-state index contributed by atoms with van der Waals surface area (Å²) < 4.78 is 16.7. The molecule has 1 aromatic carbocycles. The lowest BCUT2D eigenvalue weighted by molar-refractivity contribution is -0.181. The number of ether oxygens (including phenoxy) is 3. The van der Waals surface area contributed by atoms with Crippen molar-refractivity contribution in [3.8, 4) is 0 Å². The molecule has 0 saturated carbocycles. The number of carbonyl (C=O) groups excluding carboxylic acids is 2. The quantitative estimate of drug-likeness (QED) is 0.597. The summed E-state index contributed by atoms with van der Waals surface area (Å²) in [5, 5.41) is 5.45. The van der Waals surface area contributed by atoms with Crippen molar-refractivity contribution in [2.75, 3.05) is 33.9 Å². The Bertz CT molecular complexity index is 869. The van der Waals surface area contributed by atoms with Crippen LogP contribution >= 0.6 is 0 Å². The van der Waals surface area contributed by atoms with Gasteiger partial charge < -0.3 is 24.8 Å². The molecule has 1 fully saturated rings. The van der Waals surface area contributed by atoms with E-state index >= 15 is 0 Å². The highest BCUT2D eigenvalue weighted by atomic mass is 16.7. The minimum absolute atomic E-state index is 0.159. The predicted molar refractivity (Wildman–Crippen MR) is 115 cm³/mol. The fraction of sp³-hybridized carbons (Fsp3) is 0.435. The molecule has 0 spiro atoms. The van der Waals surface area contributed by atoms with Crippen molar-refractivity contribution in [3.63, 3.8) is 0 Å². The molecule has 1 atom stereocenters. The van der Waals surface area contributed by atoms with Gasteiger partial charge in [0.25, 0.3) is 11.8 Å². The number of amides is 2. The molecule has 0 bridgehead atoms. The third kappa shape index (κ3) is 6.33. The molecule has 1 aromatic heterocycles. The van der Waals surface area contributed by atoms with E-state index in [9.17, 15) is 9.59 Å². The largest absolute Gasteiger partial charge is 0.370 e. The summed E-state index contributed by atoms with van der Waals surface area (Å²) in [6.07, 6.45) is 1.65. The van der Waals surface area contributed by atoms with Gasteiger partial charge in [-0.05, 0) is 30.5 Å². The van der Waals surface area contributed by atoms with Gasteiger partial charge in [0.2, 0.25) is 0 Å². The van der Waals surface area contributed by atoms with Crippen molar-refractivity contribution >= 4 is 11.8 Å². The van der Waals surface area contributed by atoms with Gasteiger partial charge in [0.1, 0.15) is 11.8 Å². The van der Waals surface area contributed by atoms with Gasteiger partial charge in [-0.1, -0.05) is 30.3 Å². The van der Waals surface area contributed by atoms with E-state index in [2.05, 4.69) is 15.6 Å². The second kappa shape index (κ2) is 11.5. The molecular formula is C23H29N3O5. The van der Waals surface area contributed by atoms with E-state index in [1.807, 2.05) is 30.3 Å². The molecule has 1 aliphatic heterocycles. The van der Waals surface area contributed by atoms with E-state index in [4.69, 9.17) is 14.2 Å². The monoisotopic (exact) mass is 427 g/mol. The summed E-state index contributed by atoms with van der Waals surface area (Å²) in [6, 6.07) is 12.7. The first-order valence-electron chi connectivity index (χ1n) is 10.5. The number of methoxy groups -OCH3 is 1. The maximum atomic E-state index is 12.8. The van der Waals surface area contributed by atoms with Gasteiger partial charge in [0, 0.05) is 32.7 Å². The maximum absolute atomic E-state index is 12.8. The number of pyridine rings is 1.